The van der Waals surface area contributed by atoms with Crippen LogP contribution in [0.25, 0.3) is 0 Å². The summed E-state index contributed by atoms with van der Waals surface area (Å²) in [5.41, 5.74) is 3.01. The van der Waals surface area contributed by atoms with Gasteiger partial charge in [-0.15, -0.1) is 0 Å². The Morgan fingerprint density at radius 1 is 1.11 bits per heavy atom. The Kier molecular flexibility index (Phi) is 6.37. The first-order valence-electron chi connectivity index (χ1n) is 6.46. The molecule has 0 radical (unpaired) electrons. The van der Waals surface area contributed by atoms with E-state index in [2.05, 4.69) is 4.98 Å². The Bertz CT molecular complexity index is 526. The summed E-state index contributed by atoms with van der Waals surface area (Å²) in [6.45, 7) is 8.39. The molecule has 0 amide bonds. The fourth-order valence-electron chi connectivity index (χ4n) is 1.55. The highest BCUT2D eigenvalue weighted by atomic mass is 35.5. The van der Waals surface area contributed by atoms with Crippen molar-refractivity contribution in [1.82, 2.24) is 4.98 Å². The maximum atomic E-state index is 6.08. The van der Waals surface area contributed by atoms with Crippen LogP contribution in [0.4, 0.5) is 0 Å². The van der Waals surface area contributed by atoms with E-state index in [9.17, 15) is 0 Å². The number of aromatic nitrogens is 1. The molecule has 1 heterocycles. The lowest BCUT2D eigenvalue weighted by atomic mass is 10.2. The van der Waals surface area contributed by atoms with Crippen LogP contribution in [0, 0.1) is 13.8 Å². The van der Waals surface area contributed by atoms with Crippen molar-refractivity contribution < 1.29 is 4.74 Å². The van der Waals surface area contributed by atoms with Gasteiger partial charge in [-0.05, 0) is 43.7 Å². The van der Waals surface area contributed by atoms with Gasteiger partial charge >= 0.3 is 0 Å². The molecule has 2 aromatic rings. The number of hydrogen-bond donors (Lipinski definition) is 0. The largest absolute Gasteiger partial charge is 0.486 e. The molecule has 0 aliphatic rings. The number of halogens is 1. The highest BCUT2D eigenvalue weighted by Gasteiger charge is 2.02. The van der Waals surface area contributed by atoms with E-state index in [0.29, 0.717) is 17.4 Å². The molecule has 0 saturated heterocycles. The van der Waals surface area contributed by atoms with Crippen molar-refractivity contribution >= 4 is 11.6 Å². The first-order valence-corrected chi connectivity index (χ1v) is 6.84. The Balaban J connectivity index is 0.000000861. The first kappa shape index (κ1) is 15.5. The van der Waals surface area contributed by atoms with Gasteiger partial charge < -0.3 is 4.74 Å². The molecule has 0 unspecified atom stereocenters. The summed E-state index contributed by atoms with van der Waals surface area (Å²) in [5, 5.41) is 0.637. The van der Waals surface area contributed by atoms with Crippen LogP contribution in [0.1, 0.15) is 30.8 Å². The van der Waals surface area contributed by atoms with Crippen LogP contribution < -0.4 is 4.74 Å². The Hall–Kier alpha value is -1.54. The minimum absolute atomic E-state index is 0.435. The van der Waals surface area contributed by atoms with E-state index in [0.717, 1.165) is 17.0 Å². The second-order valence-electron chi connectivity index (χ2n) is 3.99. The summed E-state index contributed by atoms with van der Waals surface area (Å²) in [7, 11) is 0. The van der Waals surface area contributed by atoms with Crippen LogP contribution in [0.5, 0.6) is 5.75 Å². The monoisotopic (exact) mass is 277 g/mol. The fraction of sp³-hybridized carbons (Fsp3) is 0.312. The topological polar surface area (TPSA) is 22.1 Å². The number of pyridine rings is 1. The van der Waals surface area contributed by atoms with Gasteiger partial charge in [-0.2, -0.15) is 0 Å². The van der Waals surface area contributed by atoms with E-state index in [1.54, 1.807) is 0 Å². The average molecular weight is 278 g/mol. The van der Waals surface area contributed by atoms with E-state index in [4.69, 9.17) is 16.3 Å². The van der Waals surface area contributed by atoms with E-state index < -0.39 is 0 Å². The normalized spacial score (nSPS) is 9.53. The Labute approximate surface area is 120 Å². The zero-order valence-electron chi connectivity index (χ0n) is 11.9. The summed E-state index contributed by atoms with van der Waals surface area (Å²) in [6.07, 6.45) is 0. The van der Waals surface area contributed by atoms with Crippen molar-refractivity contribution in [2.24, 2.45) is 0 Å². The second-order valence-corrected chi connectivity index (χ2v) is 4.40. The molecule has 0 fully saturated rings. The molecule has 102 valence electrons. The van der Waals surface area contributed by atoms with Gasteiger partial charge in [0.2, 0.25) is 0 Å². The predicted molar refractivity (Wildman–Crippen MR) is 80.8 cm³/mol. The zero-order chi connectivity index (χ0) is 14.3. The van der Waals surface area contributed by atoms with Crippen molar-refractivity contribution in [2.75, 3.05) is 0 Å². The minimum Gasteiger partial charge on any atom is -0.486 e. The highest BCUT2D eigenvalue weighted by molar-refractivity contribution is 6.32. The Morgan fingerprint density at radius 3 is 2.47 bits per heavy atom. The van der Waals surface area contributed by atoms with Gasteiger partial charge in [-0.25, -0.2) is 0 Å². The van der Waals surface area contributed by atoms with E-state index in [1.807, 2.05) is 64.1 Å². The Morgan fingerprint density at radius 2 is 1.84 bits per heavy atom. The van der Waals surface area contributed by atoms with Crippen LogP contribution in [-0.2, 0) is 6.61 Å². The molecule has 0 aliphatic heterocycles. The summed E-state index contributed by atoms with van der Waals surface area (Å²) in [5.74, 6) is 0.695. The molecule has 1 aromatic carbocycles. The number of benzene rings is 1. The van der Waals surface area contributed by atoms with Crippen LogP contribution in [-0.4, -0.2) is 4.98 Å². The van der Waals surface area contributed by atoms with Crippen molar-refractivity contribution in [2.45, 2.75) is 34.3 Å². The van der Waals surface area contributed by atoms with Crippen LogP contribution in [0.2, 0.25) is 5.02 Å². The molecule has 2 rings (SSSR count). The first-order chi connectivity index (χ1) is 9.15. The van der Waals surface area contributed by atoms with E-state index in [-0.39, 0.29) is 0 Å². The minimum atomic E-state index is 0.435. The third kappa shape index (κ3) is 4.92. The van der Waals surface area contributed by atoms with Gasteiger partial charge in [-0.1, -0.05) is 37.6 Å². The molecule has 1 aromatic heterocycles. The van der Waals surface area contributed by atoms with Gasteiger partial charge in [0.1, 0.15) is 12.4 Å². The molecule has 19 heavy (non-hydrogen) atoms. The van der Waals surface area contributed by atoms with Crippen molar-refractivity contribution in [3.8, 4) is 5.75 Å². The lowest BCUT2D eigenvalue weighted by Crippen LogP contribution is -1.99. The highest BCUT2D eigenvalue weighted by Crippen LogP contribution is 2.25. The number of hydrogen-bond acceptors (Lipinski definition) is 2. The van der Waals surface area contributed by atoms with Crippen LogP contribution in [0.15, 0.2) is 36.4 Å². The van der Waals surface area contributed by atoms with Gasteiger partial charge in [-0.3, -0.25) is 4.98 Å². The lowest BCUT2D eigenvalue weighted by Gasteiger charge is -2.08. The SMILES string of the molecule is CC.Cc1ccc(OCc2cccc(C)n2)c(Cl)c1. The van der Waals surface area contributed by atoms with E-state index >= 15 is 0 Å². The summed E-state index contributed by atoms with van der Waals surface area (Å²) >= 11 is 6.08. The summed E-state index contributed by atoms with van der Waals surface area (Å²) in [6, 6.07) is 11.6. The van der Waals surface area contributed by atoms with Gasteiger partial charge in [0, 0.05) is 5.69 Å². The standard InChI is InChI=1S/C14H14ClNO.C2H6/c1-10-6-7-14(13(15)8-10)17-9-12-5-3-4-11(2)16-12;1-2/h3-8H,9H2,1-2H3;1-2H3. The third-order valence-electron chi connectivity index (χ3n) is 2.41. The van der Waals surface area contributed by atoms with Gasteiger partial charge in [0.15, 0.2) is 0 Å². The predicted octanol–water partition coefficient (Wildman–Crippen LogP) is 4.96. The fourth-order valence-corrected chi connectivity index (χ4v) is 1.84. The van der Waals surface area contributed by atoms with Gasteiger partial charge in [0.25, 0.3) is 0 Å². The second kappa shape index (κ2) is 7.80. The smallest absolute Gasteiger partial charge is 0.138 e. The number of nitrogens with zero attached hydrogens (tertiary/aromatic N) is 1. The third-order valence-corrected chi connectivity index (χ3v) is 2.70. The molecule has 2 nitrogen and oxygen atoms in total. The lowest BCUT2D eigenvalue weighted by molar-refractivity contribution is 0.301. The molecular formula is C16H20ClNO. The molecule has 0 N–H and O–H groups in total. The van der Waals surface area contributed by atoms with Crippen LogP contribution in [0.3, 0.4) is 0 Å². The maximum absolute atomic E-state index is 6.08. The molecule has 0 aliphatic carbocycles. The average Bonchev–Trinajstić information content (AvgIpc) is 2.40. The quantitative estimate of drug-likeness (QED) is 0.791. The molecule has 0 bridgehead atoms. The van der Waals surface area contributed by atoms with Crippen molar-refractivity contribution in [3.05, 3.63) is 58.4 Å². The molecule has 0 atom stereocenters. The van der Waals surface area contributed by atoms with Crippen molar-refractivity contribution in [1.29, 1.82) is 0 Å². The van der Waals surface area contributed by atoms with Crippen molar-refractivity contribution in [3.63, 3.8) is 0 Å². The number of rotatable bonds is 3. The molecule has 0 saturated carbocycles. The summed E-state index contributed by atoms with van der Waals surface area (Å²) in [4.78, 5) is 4.37. The zero-order valence-corrected chi connectivity index (χ0v) is 12.7. The van der Waals surface area contributed by atoms with Gasteiger partial charge in [0.05, 0.1) is 10.7 Å². The molecular weight excluding hydrogens is 258 g/mol. The maximum Gasteiger partial charge on any atom is 0.138 e. The number of ether oxygens (including phenoxy) is 1. The van der Waals surface area contributed by atoms with Crippen LogP contribution >= 0.6 is 11.6 Å². The molecule has 0 spiro atoms. The number of aryl methyl sites for hydroxylation is 2. The van der Waals surface area contributed by atoms with E-state index in [1.165, 1.54) is 0 Å². The molecule has 3 heteroatoms. The summed E-state index contributed by atoms with van der Waals surface area (Å²) < 4.78 is 5.64.